The predicted molar refractivity (Wildman–Crippen MR) is 79.3 cm³/mol. The lowest BCUT2D eigenvalue weighted by atomic mass is 9.97. The van der Waals surface area contributed by atoms with E-state index in [1.807, 2.05) is 12.1 Å². The monoisotopic (exact) mass is 315 g/mol. The van der Waals surface area contributed by atoms with E-state index >= 15 is 0 Å². The third-order valence-electron chi connectivity index (χ3n) is 3.03. The van der Waals surface area contributed by atoms with Crippen LogP contribution >= 0.6 is 15.9 Å². The van der Waals surface area contributed by atoms with Crippen molar-refractivity contribution in [3.63, 3.8) is 0 Å². The number of hydrogen-bond acceptors (Lipinski definition) is 1. The highest BCUT2D eigenvalue weighted by Gasteiger charge is 2.11. The molecule has 1 aromatic carbocycles. The molecular weight excluding hydrogens is 293 g/mol. The molecule has 0 aliphatic carbocycles. The van der Waals surface area contributed by atoms with Gasteiger partial charge in [-0.05, 0) is 49.4 Å². The van der Waals surface area contributed by atoms with E-state index in [2.05, 4.69) is 42.0 Å². The van der Waals surface area contributed by atoms with E-state index in [4.69, 9.17) is 0 Å². The zero-order chi connectivity index (χ0) is 13.5. The lowest BCUT2D eigenvalue weighted by Gasteiger charge is -2.20. The maximum absolute atomic E-state index is 13.7. The fourth-order valence-corrected chi connectivity index (χ4v) is 2.55. The van der Waals surface area contributed by atoms with E-state index in [0.29, 0.717) is 12.0 Å². The van der Waals surface area contributed by atoms with Gasteiger partial charge in [0.2, 0.25) is 0 Å². The highest BCUT2D eigenvalue weighted by atomic mass is 79.9. The van der Waals surface area contributed by atoms with Gasteiger partial charge in [-0.2, -0.15) is 0 Å². The van der Waals surface area contributed by atoms with E-state index in [9.17, 15) is 4.39 Å². The van der Waals surface area contributed by atoms with Gasteiger partial charge in [0.25, 0.3) is 0 Å². The molecule has 1 unspecified atom stereocenters. The van der Waals surface area contributed by atoms with Gasteiger partial charge >= 0.3 is 0 Å². The average Bonchev–Trinajstić information content (AvgIpc) is 2.27. The fraction of sp³-hybridized carbons (Fsp3) is 0.600. The largest absolute Gasteiger partial charge is 0.314 e. The Morgan fingerprint density at radius 1 is 1.33 bits per heavy atom. The second kappa shape index (κ2) is 7.90. The van der Waals surface area contributed by atoms with Crippen molar-refractivity contribution in [2.45, 2.75) is 46.1 Å². The SMILES string of the molecule is CCNC(CCc1ccc(Br)cc1F)CC(C)C. The quantitative estimate of drug-likeness (QED) is 0.778. The van der Waals surface area contributed by atoms with Crippen LogP contribution < -0.4 is 5.32 Å². The summed E-state index contributed by atoms with van der Waals surface area (Å²) in [4.78, 5) is 0. The van der Waals surface area contributed by atoms with Gasteiger partial charge in [0.1, 0.15) is 5.82 Å². The molecule has 0 saturated heterocycles. The van der Waals surface area contributed by atoms with Gasteiger partial charge in [-0.3, -0.25) is 0 Å². The average molecular weight is 316 g/mol. The summed E-state index contributed by atoms with van der Waals surface area (Å²) < 4.78 is 14.5. The van der Waals surface area contributed by atoms with Gasteiger partial charge < -0.3 is 5.32 Å². The summed E-state index contributed by atoms with van der Waals surface area (Å²) in [5.41, 5.74) is 0.810. The molecule has 3 heteroatoms. The van der Waals surface area contributed by atoms with Gasteiger partial charge in [0.15, 0.2) is 0 Å². The lowest BCUT2D eigenvalue weighted by Crippen LogP contribution is -2.30. The molecule has 0 aliphatic heterocycles. The summed E-state index contributed by atoms with van der Waals surface area (Å²) in [5.74, 6) is 0.563. The fourth-order valence-electron chi connectivity index (χ4n) is 2.22. The highest BCUT2D eigenvalue weighted by Crippen LogP contribution is 2.18. The van der Waals surface area contributed by atoms with Crippen molar-refractivity contribution in [2.24, 2.45) is 5.92 Å². The van der Waals surface area contributed by atoms with Gasteiger partial charge in [-0.1, -0.05) is 42.8 Å². The number of aryl methyl sites for hydroxylation is 1. The van der Waals surface area contributed by atoms with Gasteiger partial charge in [-0.15, -0.1) is 0 Å². The first kappa shape index (κ1) is 15.6. The van der Waals surface area contributed by atoms with Crippen LogP contribution in [0.2, 0.25) is 0 Å². The van der Waals surface area contributed by atoms with Crippen LogP contribution in [0, 0.1) is 11.7 Å². The van der Waals surface area contributed by atoms with Crippen molar-refractivity contribution in [2.75, 3.05) is 6.54 Å². The van der Waals surface area contributed by atoms with Crippen LogP contribution in [0.4, 0.5) is 4.39 Å². The third-order valence-corrected chi connectivity index (χ3v) is 3.52. The number of nitrogens with one attached hydrogen (secondary N) is 1. The molecule has 0 aliphatic rings. The Kier molecular flexibility index (Phi) is 6.87. The standard InChI is InChI=1S/C15H23BrFN/c1-4-18-14(9-11(2)3)8-6-12-5-7-13(16)10-15(12)17/h5,7,10-11,14,18H,4,6,8-9H2,1-3H3. The molecule has 1 atom stereocenters. The van der Waals surface area contributed by atoms with Crippen molar-refractivity contribution < 1.29 is 4.39 Å². The molecule has 1 aromatic rings. The summed E-state index contributed by atoms with van der Waals surface area (Å²) >= 11 is 3.28. The smallest absolute Gasteiger partial charge is 0.127 e. The second-order valence-corrected chi connectivity index (χ2v) is 6.07. The topological polar surface area (TPSA) is 12.0 Å². The van der Waals surface area contributed by atoms with Gasteiger partial charge in [0, 0.05) is 10.5 Å². The molecule has 0 amide bonds. The molecule has 1 nitrogen and oxygen atoms in total. The van der Waals surface area contributed by atoms with Crippen LogP contribution in [-0.4, -0.2) is 12.6 Å². The van der Waals surface area contributed by atoms with Crippen LogP contribution in [0.15, 0.2) is 22.7 Å². The van der Waals surface area contributed by atoms with Crippen molar-refractivity contribution in [1.82, 2.24) is 5.32 Å². The predicted octanol–water partition coefficient (Wildman–Crippen LogP) is 4.55. The van der Waals surface area contributed by atoms with Crippen LogP contribution in [-0.2, 0) is 6.42 Å². The molecule has 0 saturated carbocycles. The first-order valence-corrected chi connectivity index (χ1v) is 7.49. The molecular formula is C15H23BrFN. The normalized spacial score (nSPS) is 13.0. The van der Waals surface area contributed by atoms with Gasteiger partial charge in [-0.25, -0.2) is 4.39 Å². The number of benzene rings is 1. The van der Waals surface area contributed by atoms with Crippen molar-refractivity contribution in [3.8, 4) is 0 Å². The summed E-state index contributed by atoms with van der Waals surface area (Å²) in [5, 5.41) is 3.48. The molecule has 0 aromatic heterocycles. The molecule has 0 radical (unpaired) electrons. The third kappa shape index (κ3) is 5.49. The van der Waals surface area contributed by atoms with Crippen LogP contribution in [0.25, 0.3) is 0 Å². The first-order chi connectivity index (χ1) is 8.52. The van der Waals surface area contributed by atoms with Crippen molar-refractivity contribution in [1.29, 1.82) is 0 Å². The Bertz CT molecular complexity index is 366. The Balaban J connectivity index is 2.55. The summed E-state index contributed by atoms with van der Waals surface area (Å²) in [6, 6.07) is 5.80. The summed E-state index contributed by atoms with van der Waals surface area (Å²) in [6.45, 7) is 7.54. The molecule has 0 spiro atoms. The van der Waals surface area contributed by atoms with E-state index in [-0.39, 0.29) is 5.82 Å². The zero-order valence-electron chi connectivity index (χ0n) is 11.5. The van der Waals surface area contributed by atoms with Crippen LogP contribution in [0.3, 0.4) is 0 Å². The molecule has 0 heterocycles. The molecule has 18 heavy (non-hydrogen) atoms. The zero-order valence-corrected chi connectivity index (χ0v) is 13.1. The minimum Gasteiger partial charge on any atom is -0.314 e. The van der Waals surface area contributed by atoms with E-state index in [1.54, 1.807) is 6.07 Å². The number of rotatable bonds is 7. The lowest BCUT2D eigenvalue weighted by molar-refractivity contribution is 0.403. The van der Waals surface area contributed by atoms with Crippen LogP contribution in [0.5, 0.6) is 0 Å². The minimum atomic E-state index is -0.107. The number of hydrogen-bond donors (Lipinski definition) is 1. The van der Waals surface area contributed by atoms with Crippen LogP contribution in [0.1, 0.15) is 39.2 Å². The molecule has 0 fully saturated rings. The Hall–Kier alpha value is -0.410. The van der Waals surface area contributed by atoms with Gasteiger partial charge in [0.05, 0.1) is 0 Å². The molecule has 1 N–H and O–H groups in total. The van der Waals surface area contributed by atoms with Crippen molar-refractivity contribution in [3.05, 3.63) is 34.1 Å². The molecule has 1 rings (SSSR count). The van der Waals surface area contributed by atoms with Crippen molar-refractivity contribution >= 4 is 15.9 Å². The molecule has 0 bridgehead atoms. The second-order valence-electron chi connectivity index (χ2n) is 5.16. The Morgan fingerprint density at radius 2 is 2.06 bits per heavy atom. The summed E-state index contributed by atoms with van der Waals surface area (Å²) in [7, 11) is 0. The first-order valence-electron chi connectivity index (χ1n) is 6.70. The van der Waals surface area contributed by atoms with E-state index < -0.39 is 0 Å². The highest BCUT2D eigenvalue weighted by molar-refractivity contribution is 9.10. The number of halogens is 2. The summed E-state index contributed by atoms with van der Waals surface area (Å²) in [6.07, 6.45) is 2.93. The Morgan fingerprint density at radius 3 is 2.61 bits per heavy atom. The molecule has 102 valence electrons. The maximum Gasteiger partial charge on any atom is 0.127 e. The Labute approximate surface area is 118 Å². The van der Waals surface area contributed by atoms with E-state index in [1.165, 1.54) is 0 Å². The van der Waals surface area contributed by atoms with E-state index in [0.717, 1.165) is 35.8 Å². The minimum absolute atomic E-state index is 0.107. The maximum atomic E-state index is 13.7.